The molecular formula is C21H28N8O2S2. The van der Waals surface area contributed by atoms with Crippen LogP contribution in [0.4, 0.5) is 5.13 Å². The molecular weight excluding hydrogens is 460 g/mol. The van der Waals surface area contributed by atoms with Crippen LogP contribution in [0.1, 0.15) is 36.6 Å². The Hall–Kier alpha value is -2.16. The largest absolute Gasteiger partial charge is 0.375 e. The minimum absolute atomic E-state index is 0.157. The number of hydrazine groups is 3. The SMILES string of the molecule is Nc1nc2c(-c3ccc(CCC4CCNCC4)c(S(N)(=O)=O)c3C3NNNN3)cccc2s1. The molecule has 176 valence electrons. The Bertz CT molecular complexity index is 1260. The van der Waals surface area contributed by atoms with Crippen LogP contribution in [0.2, 0.25) is 0 Å². The predicted molar refractivity (Wildman–Crippen MR) is 130 cm³/mol. The van der Waals surface area contributed by atoms with E-state index in [1.54, 1.807) is 0 Å². The molecule has 0 atom stereocenters. The van der Waals surface area contributed by atoms with E-state index in [1.165, 1.54) is 11.3 Å². The van der Waals surface area contributed by atoms with Crippen molar-refractivity contribution < 1.29 is 8.42 Å². The van der Waals surface area contributed by atoms with Gasteiger partial charge in [-0.3, -0.25) is 0 Å². The van der Waals surface area contributed by atoms with E-state index in [0.717, 1.165) is 59.3 Å². The summed E-state index contributed by atoms with van der Waals surface area (Å²) in [6.07, 6.45) is 3.23. The summed E-state index contributed by atoms with van der Waals surface area (Å²) in [7, 11) is -4.02. The highest BCUT2D eigenvalue weighted by atomic mass is 32.2. The monoisotopic (exact) mass is 488 g/mol. The first-order valence-electron chi connectivity index (χ1n) is 11.0. The van der Waals surface area contributed by atoms with Crippen molar-refractivity contribution in [3.8, 4) is 11.1 Å². The maximum Gasteiger partial charge on any atom is 0.238 e. The maximum absolute atomic E-state index is 13.0. The topological polar surface area (TPSA) is 159 Å². The third-order valence-corrected chi connectivity index (χ3v) is 8.25. The van der Waals surface area contributed by atoms with E-state index < -0.39 is 16.2 Å². The van der Waals surface area contributed by atoms with Gasteiger partial charge in [0.15, 0.2) is 5.13 Å². The van der Waals surface area contributed by atoms with Gasteiger partial charge in [0, 0.05) is 11.1 Å². The molecule has 1 aromatic heterocycles. The minimum Gasteiger partial charge on any atom is -0.375 e. The number of nitrogens with one attached hydrogen (secondary N) is 5. The van der Waals surface area contributed by atoms with Gasteiger partial charge in [-0.15, -0.1) is 0 Å². The molecule has 5 rings (SSSR count). The fraction of sp³-hybridized carbons (Fsp3) is 0.381. The van der Waals surface area contributed by atoms with Crippen molar-refractivity contribution in [2.75, 3.05) is 18.8 Å². The number of aryl methyl sites for hydroxylation is 1. The quantitative estimate of drug-likeness (QED) is 0.271. The summed E-state index contributed by atoms with van der Waals surface area (Å²) in [5, 5.41) is 9.67. The number of hydrogen-bond acceptors (Lipinski definition) is 10. The van der Waals surface area contributed by atoms with Gasteiger partial charge in [-0.1, -0.05) is 35.6 Å². The zero-order valence-corrected chi connectivity index (χ0v) is 19.7. The van der Waals surface area contributed by atoms with Gasteiger partial charge in [0.2, 0.25) is 10.0 Å². The van der Waals surface area contributed by atoms with Crippen LogP contribution in [0.15, 0.2) is 35.2 Å². The molecule has 0 saturated carbocycles. The van der Waals surface area contributed by atoms with Gasteiger partial charge in [-0.2, -0.15) is 11.1 Å². The molecule has 2 aromatic carbocycles. The number of thiazole rings is 1. The van der Waals surface area contributed by atoms with Crippen molar-refractivity contribution in [1.82, 2.24) is 32.2 Å². The smallest absolute Gasteiger partial charge is 0.238 e. The van der Waals surface area contributed by atoms with Crippen LogP contribution in [-0.2, 0) is 16.4 Å². The van der Waals surface area contributed by atoms with Crippen molar-refractivity contribution in [2.24, 2.45) is 11.1 Å². The second kappa shape index (κ2) is 9.24. The first-order valence-corrected chi connectivity index (χ1v) is 13.3. The normalized spacial score (nSPS) is 18.3. The number of sulfonamides is 1. The first kappa shape index (κ1) is 22.6. The Morgan fingerprint density at radius 1 is 1.06 bits per heavy atom. The second-order valence-electron chi connectivity index (χ2n) is 8.47. The molecule has 2 fully saturated rings. The number of rotatable bonds is 6. The minimum atomic E-state index is -4.02. The highest BCUT2D eigenvalue weighted by Crippen LogP contribution is 2.39. The average Bonchev–Trinajstić information content (AvgIpc) is 3.46. The Balaban J connectivity index is 1.66. The predicted octanol–water partition coefficient (Wildman–Crippen LogP) is 1.24. The molecule has 0 aliphatic carbocycles. The lowest BCUT2D eigenvalue weighted by Gasteiger charge is -2.24. The van der Waals surface area contributed by atoms with Crippen molar-refractivity contribution in [2.45, 2.75) is 36.7 Å². The summed E-state index contributed by atoms with van der Waals surface area (Å²) in [5.74, 6) is 0.570. The number of hydrogen-bond donors (Lipinski definition) is 7. The molecule has 2 aliphatic rings. The van der Waals surface area contributed by atoms with Crippen molar-refractivity contribution in [3.05, 3.63) is 41.5 Å². The standard InChI is InChI=1S/C21H28N8O2S2/c22-21-25-18-15(2-1-3-16(18)32-21)14-7-6-13(5-4-12-8-10-24-11-9-12)19(33(23,30)31)17(14)20-26-28-29-27-20/h1-3,6-7,12,20,24,26-29H,4-5,8-11H2,(H2,22,25)(H2,23,30,31). The number of benzene rings is 2. The molecule has 0 bridgehead atoms. The molecule has 0 spiro atoms. The number of primary sulfonamides is 1. The molecule has 3 aromatic rings. The van der Waals surface area contributed by atoms with E-state index in [4.69, 9.17) is 10.9 Å². The second-order valence-corrected chi connectivity index (χ2v) is 11.0. The van der Waals surface area contributed by atoms with E-state index in [0.29, 0.717) is 23.0 Å². The lowest BCUT2D eigenvalue weighted by molar-refractivity contribution is 0.353. The van der Waals surface area contributed by atoms with Crippen LogP contribution < -0.4 is 38.1 Å². The molecule has 0 radical (unpaired) electrons. The van der Waals surface area contributed by atoms with Crippen molar-refractivity contribution >= 4 is 36.7 Å². The number of para-hydroxylation sites is 1. The van der Waals surface area contributed by atoms with Gasteiger partial charge in [-0.25, -0.2) is 29.4 Å². The third kappa shape index (κ3) is 4.61. The van der Waals surface area contributed by atoms with Gasteiger partial charge in [0.25, 0.3) is 0 Å². The number of nitrogens with zero attached hydrogens (tertiary/aromatic N) is 1. The Morgan fingerprint density at radius 3 is 2.55 bits per heavy atom. The van der Waals surface area contributed by atoms with Crippen molar-refractivity contribution in [1.29, 1.82) is 0 Å². The molecule has 2 saturated heterocycles. The molecule has 33 heavy (non-hydrogen) atoms. The average molecular weight is 489 g/mol. The fourth-order valence-corrected chi connectivity index (χ4v) is 6.64. The number of nitrogen functional groups attached to an aromatic ring is 1. The van der Waals surface area contributed by atoms with E-state index in [-0.39, 0.29) is 4.90 Å². The summed E-state index contributed by atoms with van der Waals surface area (Å²) < 4.78 is 26.9. The van der Waals surface area contributed by atoms with Gasteiger partial charge in [0.05, 0.1) is 15.1 Å². The van der Waals surface area contributed by atoms with Crippen LogP contribution >= 0.6 is 11.3 Å². The summed E-state index contributed by atoms with van der Waals surface area (Å²) in [5.41, 5.74) is 21.2. The summed E-state index contributed by atoms with van der Waals surface area (Å²) in [4.78, 5) is 4.66. The lowest BCUT2D eigenvalue weighted by Crippen LogP contribution is -2.33. The number of fused-ring (bicyclic) bond motifs is 1. The summed E-state index contributed by atoms with van der Waals surface area (Å²) in [6.45, 7) is 2.01. The molecule has 10 nitrogen and oxygen atoms in total. The zero-order chi connectivity index (χ0) is 23.0. The Morgan fingerprint density at radius 2 is 1.82 bits per heavy atom. The Kier molecular flexibility index (Phi) is 6.33. The van der Waals surface area contributed by atoms with Crippen LogP contribution in [0, 0.1) is 5.92 Å². The lowest BCUT2D eigenvalue weighted by atomic mass is 9.89. The van der Waals surface area contributed by atoms with Crippen LogP contribution in [0.3, 0.4) is 0 Å². The number of piperidine rings is 1. The van der Waals surface area contributed by atoms with Gasteiger partial charge in [0.1, 0.15) is 6.17 Å². The van der Waals surface area contributed by atoms with Gasteiger partial charge >= 0.3 is 0 Å². The van der Waals surface area contributed by atoms with E-state index in [1.807, 2.05) is 30.3 Å². The number of anilines is 1. The molecule has 12 heteroatoms. The van der Waals surface area contributed by atoms with E-state index in [9.17, 15) is 8.42 Å². The molecule has 0 amide bonds. The van der Waals surface area contributed by atoms with Crippen LogP contribution in [0.25, 0.3) is 21.3 Å². The van der Waals surface area contributed by atoms with Crippen molar-refractivity contribution in [3.63, 3.8) is 0 Å². The van der Waals surface area contributed by atoms with E-state index in [2.05, 4.69) is 32.2 Å². The summed E-state index contributed by atoms with van der Waals surface area (Å²) in [6, 6.07) is 9.66. The number of nitrogens with two attached hydrogens (primary N) is 2. The fourth-order valence-electron chi connectivity index (χ4n) is 4.81. The van der Waals surface area contributed by atoms with Gasteiger partial charge < -0.3 is 11.1 Å². The molecule has 0 unspecified atom stereocenters. The van der Waals surface area contributed by atoms with E-state index >= 15 is 0 Å². The number of aromatic nitrogens is 1. The summed E-state index contributed by atoms with van der Waals surface area (Å²) >= 11 is 1.40. The first-order chi connectivity index (χ1) is 15.9. The highest BCUT2D eigenvalue weighted by Gasteiger charge is 2.30. The maximum atomic E-state index is 13.0. The van der Waals surface area contributed by atoms with Gasteiger partial charge in [-0.05, 0) is 61.9 Å². The molecule has 3 heterocycles. The highest BCUT2D eigenvalue weighted by molar-refractivity contribution is 7.89. The van der Waals surface area contributed by atoms with Crippen LogP contribution in [-0.4, -0.2) is 26.5 Å². The Labute approximate surface area is 196 Å². The third-order valence-electron chi connectivity index (χ3n) is 6.35. The zero-order valence-electron chi connectivity index (χ0n) is 18.0. The molecule has 9 N–H and O–H groups in total. The van der Waals surface area contributed by atoms with Crippen LogP contribution in [0.5, 0.6) is 0 Å². The molecule has 2 aliphatic heterocycles.